The third kappa shape index (κ3) is 5.40. The van der Waals surface area contributed by atoms with Gasteiger partial charge < -0.3 is 20.3 Å². The molecule has 0 aliphatic carbocycles. The van der Waals surface area contributed by atoms with Crippen LogP contribution < -0.4 is 20.3 Å². The summed E-state index contributed by atoms with van der Waals surface area (Å²) in [4.78, 5) is 15.1. The molecule has 32 heavy (non-hydrogen) atoms. The summed E-state index contributed by atoms with van der Waals surface area (Å²) in [6.07, 6.45) is 1.98. The first-order chi connectivity index (χ1) is 15.4. The number of piperazine rings is 1. The number of hydrogen-bond acceptors (Lipinski definition) is 6. The van der Waals surface area contributed by atoms with Crippen LogP contribution in [-0.2, 0) is 14.8 Å². The molecule has 0 spiro atoms. The van der Waals surface area contributed by atoms with Gasteiger partial charge in [0.05, 0.1) is 22.4 Å². The lowest BCUT2D eigenvalue weighted by Gasteiger charge is -2.31. The van der Waals surface area contributed by atoms with Crippen LogP contribution in [0.2, 0.25) is 0 Å². The summed E-state index contributed by atoms with van der Waals surface area (Å²) in [7, 11) is -3.81. The van der Waals surface area contributed by atoms with Crippen molar-refractivity contribution in [3.8, 4) is 0 Å². The van der Waals surface area contributed by atoms with E-state index in [4.69, 9.17) is 4.74 Å². The Morgan fingerprint density at radius 1 is 1.19 bits per heavy atom. The maximum absolute atomic E-state index is 13.1. The number of amides is 1. The van der Waals surface area contributed by atoms with Crippen LogP contribution in [0.25, 0.3) is 0 Å². The Balaban J connectivity index is 1.60. The first-order valence-electron chi connectivity index (χ1n) is 11.0. The second-order valence-electron chi connectivity index (χ2n) is 8.24. The molecule has 9 heteroatoms. The van der Waals surface area contributed by atoms with Gasteiger partial charge in [-0.1, -0.05) is 12.1 Å². The molecular weight excluding hydrogens is 428 g/mol. The molecule has 1 atom stereocenters. The quantitative estimate of drug-likeness (QED) is 0.588. The standard InChI is InChI=1S/C23H30N4O4S/c1-17-4-2-6-20(14-17)32(29,30)26-21-15-18(23(28)25-16-19-5-3-13-31-19)7-8-22(21)27-11-9-24-10-12-27/h2,4,6-8,14-15,19,24,26H,3,5,9-13,16H2,1H3,(H,25,28)/t19-/m1/s1. The van der Waals surface area contributed by atoms with Gasteiger partial charge in [-0.2, -0.15) is 0 Å². The molecule has 2 aliphatic rings. The summed E-state index contributed by atoms with van der Waals surface area (Å²) in [5.41, 5.74) is 2.43. The van der Waals surface area contributed by atoms with E-state index in [-0.39, 0.29) is 16.9 Å². The van der Waals surface area contributed by atoms with Gasteiger partial charge in [0.2, 0.25) is 0 Å². The molecule has 0 unspecified atom stereocenters. The highest BCUT2D eigenvalue weighted by Crippen LogP contribution is 2.30. The van der Waals surface area contributed by atoms with Crippen molar-refractivity contribution in [2.24, 2.45) is 0 Å². The molecule has 2 aromatic carbocycles. The summed E-state index contributed by atoms with van der Waals surface area (Å²) in [6, 6.07) is 12.0. The Morgan fingerprint density at radius 2 is 2.00 bits per heavy atom. The predicted octanol–water partition coefficient (Wildman–Crippen LogP) is 2.11. The average molecular weight is 459 g/mol. The van der Waals surface area contributed by atoms with Gasteiger partial charge in [0.25, 0.3) is 15.9 Å². The first kappa shape index (κ1) is 22.6. The van der Waals surface area contributed by atoms with E-state index in [1.54, 1.807) is 30.3 Å². The number of ether oxygens (including phenoxy) is 1. The molecule has 0 saturated carbocycles. The van der Waals surface area contributed by atoms with E-state index < -0.39 is 10.0 Å². The molecule has 0 radical (unpaired) electrons. The van der Waals surface area contributed by atoms with Gasteiger partial charge in [0, 0.05) is 44.9 Å². The van der Waals surface area contributed by atoms with E-state index >= 15 is 0 Å². The van der Waals surface area contributed by atoms with Gasteiger partial charge in [0.15, 0.2) is 0 Å². The Labute approximate surface area is 189 Å². The van der Waals surface area contributed by atoms with Gasteiger partial charge in [-0.15, -0.1) is 0 Å². The third-order valence-corrected chi connectivity index (χ3v) is 7.14. The minimum absolute atomic E-state index is 0.0402. The molecule has 3 N–H and O–H groups in total. The van der Waals surface area contributed by atoms with Crippen molar-refractivity contribution in [3.63, 3.8) is 0 Å². The number of carbonyl (C=O) groups is 1. The van der Waals surface area contributed by atoms with Gasteiger partial charge in [-0.05, 0) is 55.7 Å². The number of nitrogens with zero attached hydrogens (tertiary/aromatic N) is 1. The van der Waals surface area contributed by atoms with Crippen molar-refractivity contribution in [2.45, 2.75) is 30.8 Å². The highest BCUT2D eigenvalue weighted by molar-refractivity contribution is 7.92. The van der Waals surface area contributed by atoms with Crippen LogP contribution in [-0.4, -0.2) is 59.8 Å². The number of carbonyl (C=O) groups excluding carboxylic acids is 1. The van der Waals surface area contributed by atoms with Crippen LogP contribution in [0.1, 0.15) is 28.8 Å². The van der Waals surface area contributed by atoms with E-state index in [9.17, 15) is 13.2 Å². The summed E-state index contributed by atoms with van der Waals surface area (Å²) >= 11 is 0. The second-order valence-corrected chi connectivity index (χ2v) is 9.92. The van der Waals surface area contributed by atoms with E-state index in [1.165, 1.54) is 0 Å². The van der Waals surface area contributed by atoms with Crippen LogP contribution in [0, 0.1) is 6.92 Å². The minimum Gasteiger partial charge on any atom is -0.376 e. The Bertz CT molecular complexity index is 1060. The average Bonchev–Trinajstić information content (AvgIpc) is 3.31. The summed E-state index contributed by atoms with van der Waals surface area (Å²) in [5.74, 6) is -0.247. The van der Waals surface area contributed by atoms with Crippen molar-refractivity contribution in [2.75, 3.05) is 49.0 Å². The lowest BCUT2D eigenvalue weighted by atomic mass is 10.1. The molecular formula is C23H30N4O4S. The molecule has 2 fully saturated rings. The molecule has 2 heterocycles. The zero-order valence-corrected chi connectivity index (χ0v) is 19.1. The summed E-state index contributed by atoms with van der Waals surface area (Å²) in [5, 5.41) is 6.21. The Hall–Kier alpha value is -2.62. The minimum atomic E-state index is -3.81. The summed E-state index contributed by atoms with van der Waals surface area (Å²) < 4.78 is 34.5. The smallest absolute Gasteiger partial charge is 0.261 e. The molecule has 2 aromatic rings. The molecule has 0 aromatic heterocycles. The third-order valence-electron chi connectivity index (χ3n) is 5.77. The highest BCUT2D eigenvalue weighted by atomic mass is 32.2. The summed E-state index contributed by atoms with van der Waals surface area (Å²) in [6.45, 7) is 6.16. The van der Waals surface area contributed by atoms with Gasteiger partial charge >= 0.3 is 0 Å². The highest BCUT2D eigenvalue weighted by Gasteiger charge is 2.22. The molecule has 1 amide bonds. The maximum Gasteiger partial charge on any atom is 0.261 e. The number of sulfonamides is 1. The molecule has 2 aliphatic heterocycles. The van der Waals surface area contributed by atoms with E-state index in [0.29, 0.717) is 17.8 Å². The van der Waals surface area contributed by atoms with Gasteiger partial charge in [-0.3, -0.25) is 9.52 Å². The number of anilines is 2. The number of aryl methyl sites for hydroxylation is 1. The number of benzene rings is 2. The first-order valence-corrected chi connectivity index (χ1v) is 12.5. The van der Waals surface area contributed by atoms with E-state index in [2.05, 4.69) is 20.3 Å². The molecule has 172 valence electrons. The fraction of sp³-hybridized carbons (Fsp3) is 0.435. The fourth-order valence-corrected chi connectivity index (χ4v) is 5.21. The number of rotatable bonds is 7. The van der Waals surface area contributed by atoms with Gasteiger partial charge in [-0.25, -0.2) is 8.42 Å². The normalized spacial score (nSPS) is 19.0. The Kier molecular flexibility index (Phi) is 6.98. The van der Waals surface area contributed by atoms with Crippen LogP contribution >= 0.6 is 0 Å². The van der Waals surface area contributed by atoms with Crippen molar-refractivity contribution in [1.29, 1.82) is 0 Å². The van der Waals surface area contributed by atoms with Gasteiger partial charge in [0.1, 0.15) is 0 Å². The van der Waals surface area contributed by atoms with E-state index in [0.717, 1.165) is 56.9 Å². The SMILES string of the molecule is Cc1cccc(S(=O)(=O)Nc2cc(C(=O)NC[C@H]3CCCO3)ccc2N2CCNCC2)c1. The zero-order chi connectivity index (χ0) is 22.6. The maximum atomic E-state index is 13.1. The fourth-order valence-electron chi connectivity index (χ4n) is 4.04. The van der Waals surface area contributed by atoms with Crippen LogP contribution in [0.15, 0.2) is 47.4 Å². The lowest BCUT2D eigenvalue weighted by molar-refractivity contribution is 0.0858. The topological polar surface area (TPSA) is 99.8 Å². The molecule has 2 saturated heterocycles. The van der Waals surface area contributed by atoms with Crippen molar-refractivity contribution in [1.82, 2.24) is 10.6 Å². The molecule has 4 rings (SSSR count). The van der Waals surface area contributed by atoms with Crippen LogP contribution in [0.4, 0.5) is 11.4 Å². The second kappa shape index (κ2) is 9.89. The number of nitrogens with one attached hydrogen (secondary N) is 3. The molecule has 0 bridgehead atoms. The zero-order valence-electron chi connectivity index (χ0n) is 18.3. The number of hydrogen-bond donors (Lipinski definition) is 3. The monoisotopic (exact) mass is 458 g/mol. The van der Waals surface area contributed by atoms with Crippen LogP contribution in [0.3, 0.4) is 0 Å². The lowest BCUT2D eigenvalue weighted by Crippen LogP contribution is -2.43. The predicted molar refractivity (Wildman–Crippen MR) is 125 cm³/mol. The van der Waals surface area contributed by atoms with Crippen LogP contribution in [0.5, 0.6) is 0 Å². The molecule has 8 nitrogen and oxygen atoms in total. The largest absolute Gasteiger partial charge is 0.376 e. The Morgan fingerprint density at radius 3 is 2.72 bits per heavy atom. The van der Waals surface area contributed by atoms with Crippen molar-refractivity contribution < 1.29 is 17.9 Å². The van der Waals surface area contributed by atoms with Crippen molar-refractivity contribution in [3.05, 3.63) is 53.6 Å². The van der Waals surface area contributed by atoms with E-state index in [1.807, 2.05) is 19.1 Å². The van der Waals surface area contributed by atoms with Crippen molar-refractivity contribution >= 4 is 27.3 Å².